The second-order valence-electron chi connectivity index (χ2n) is 12.2. The Bertz CT molecular complexity index is 2820. The van der Waals surface area contributed by atoms with Gasteiger partial charge >= 0.3 is 0 Å². The summed E-state index contributed by atoms with van der Waals surface area (Å²) in [6, 6.07) is 58.1. The molecule has 0 bridgehead atoms. The van der Waals surface area contributed by atoms with Crippen LogP contribution in [-0.2, 0) is 0 Å². The smallest absolute Gasteiger partial charge is 0.0987 e. The van der Waals surface area contributed by atoms with E-state index in [1.165, 1.54) is 53.1 Å². The molecule has 0 saturated carbocycles. The zero-order chi connectivity index (χ0) is 31.6. The first-order valence-electron chi connectivity index (χ1n) is 16.2. The van der Waals surface area contributed by atoms with Gasteiger partial charge in [-0.15, -0.1) is 11.3 Å². The molecule has 0 spiro atoms. The Morgan fingerprint density at radius 2 is 1.04 bits per heavy atom. The maximum absolute atomic E-state index is 5.28. The van der Waals surface area contributed by atoms with Gasteiger partial charge in [0.25, 0.3) is 0 Å². The zero-order valence-corrected chi connectivity index (χ0v) is 26.7. The third-order valence-electron chi connectivity index (χ3n) is 9.39. The maximum atomic E-state index is 5.28. The van der Waals surface area contributed by atoms with Crippen LogP contribution in [0.2, 0.25) is 0 Å². The second-order valence-corrected chi connectivity index (χ2v) is 13.2. The topological polar surface area (TPSA) is 30.7 Å². The Kier molecular flexibility index (Phi) is 6.05. The van der Waals surface area contributed by atoms with Crippen LogP contribution in [0, 0.1) is 0 Å². The molecule has 0 aliphatic heterocycles. The van der Waals surface area contributed by atoms with Gasteiger partial charge < -0.3 is 4.57 Å². The fourth-order valence-electron chi connectivity index (χ4n) is 7.19. The van der Waals surface area contributed by atoms with Gasteiger partial charge in [0.2, 0.25) is 0 Å². The predicted octanol–water partition coefficient (Wildman–Crippen LogP) is 12.1. The Hall–Kier alpha value is -6.10. The molecule has 10 rings (SSSR count). The van der Waals surface area contributed by atoms with Gasteiger partial charge in [0, 0.05) is 47.8 Å². The van der Waals surface area contributed by atoms with Crippen LogP contribution in [0.3, 0.4) is 0 Å². The van der Waals surface area contributed by atoms with Crippen molar-refractivity contribution in [1.29, 1.82) is 0 Å². The fourth-order valence-corrected chi connectivity index (χ4v) is 8.56. The van der Waals surface area contributed by atoms with Crippen molar-refractivity contribution in [3.63, 3.8) is 0 Å². The molecule has 0 fully saturated rings. The van der Waals surface area contributed by atoms with Gasteiger partial charge in [-0.05, 0) is 47.5 Å². The fraction of sp³-hybridized carbons (Fsp3) is 0. The summed E-state index contributed by atoms with van der Waals surface area (Å²) in [6.45, 7) is 0. The number of aromatic nitrogens is 3. The van der Waals surface area contributed by atoms with Crippen molar-refractivity contribution >= 4 is 64.3 Å². The van der Waals surface area contributed by atoms with Crippen LogP contribution < -0.4 is 0 Å². The van der Waals surface area contributed by atoms with Crippen molar-refractivity contribution in [3.8, 4) is 39.3 Å². The van der Waals surface area contributed by atoms with Gasteiger partial charge in [-0.1, -0.05) is 127 Å². The lowest BCUT2D eigenvalue weighted by Gasteiger charge is -2.11. The van der Waals surface area contributed by atoms with Crippen LogP contribution in [0.15, 0.2) is 164 Å². The van der Waals surface area contributed by atoms with E-state index >= 15 is 0 Å². The number of rotatable bonds is 4. The van der Waals surface area contributed by atoms with E-state index < -0.39 is 0 Å². The lowest BCUT2D eigenvalue weighted by Crippen LogP contribution is -1.95. The Labute approximate surface area is 281 Å². The molecule has 7 aromatic carbocycles. The van der Waals surface area contributed by atoms with Crippen LogP contribution in [0.25, 0.3) is 92.3 Å². The summed E-state index contributed by atoms with van der Waals surface area (Å²) in [5.41, 5.74) is 11.8. The molecule has 3 heterocycles. The quantitative estimate of drug-likeness (QED) is 0.194. The SMILES string of the molecule is c1ccc(-c2ccc3c4c5sc6c(-c7nc8ccccc8nc7-c7ccccc7)cccc6c5ccc4n(-c4ccccc4)c3c2)cc1. The van der Waals surface area contributed by atoms with Gasteiger partial charge in [0.15, 0.2) is 0 Å². The van der Waals surface area contributed by atoms with E-state index in [1.807, 2.05) is 35.6 Å². The third-order valence-corrected chi connectivity index (χ3v) is 10.7. The summed E-state index contributed by atoms with van der Waals surface area (Å²) < 4.78 is 4.94. The van der Waals surface area contributed by atoms with Crippen LogP contribution in [-0.4, -0.2) is 14.5 Å². The van der Waals surface area contributed by atoms with E-state index in [2.05, 4.69) is 144 Å². The number of fused-ring (bicyclic) bond motifs is 8. The number of thiophene rings is 1. The summed E-state index contributed by atoms with van der Waals surface area (Å²) in [5, 5.41) is 5.04. The Balaban J connectivity index is 1.29. The highest BCUT2D eigenvalue weighted by atomic mass is 32.1. The number of benzene rings is 7. The highest BCUT2D eigenvalue weighted by Crippen LogP contribution is 2.47. The van der Waals surface area contributed by atoms with E-state index in [-0.39, 0.29) is 0 Å². The molecular formula is C44H27N3S. The van der Waals surface area contributed by atoms with Crippen molar-refractivity contribution in [2.45, 2.75) is 0 Å². The van der Waals surface area contributed by atoms with E-state index in [0.717, 1.165) is 39.2 Å². The van der Waals surface area contributed by atoms with Gasteiger partial charge in [0.1, 0.15) is 0 Å². The highest BCUT2D eigenvalue weighted by molar-refractivity contribution is 7.27. The molecule has 0 saturated heterocycles. The van der Waals surface area contributed by atoms with Crippen molar-refractivity contribution in [1.82, 2.24) is 14.5 Å². The van der Waals surface area contributed by atoms with Crippen LogP contribution in [0.4, 0.5) is 0 Å². The van der Waals surface area contributed by atoms with Crippen molar-refractivity contribution in [2.24, 2.45) is 0 Å². The number of hydrogen-bond acceptors (Lipinski definition) is 3. The maximum Gasteiger partial charge on any atom is 0.0987 e. The second kappa shape index (κ2) is 10.7. The molecular weight excluding hydrogens is 603 g/mol. The van der Waals surface area contributed by atoms with E-state index in [0.29, 0.717) is 0 Å². The lowest BCUT2D eigenvalue weighted by atomic mass is 10.0. The highest BCUT2D eigenvalue weighted by Gasteiger charge is 2.21. The predicted molar refractivity (Wildman–Crippen MR) is 203 cm³/mol. The van der Waals surface area contributed by atoms with Crippen molar-refractivity contribution in [2.75, 3.05) is 0 Å². The molecule has 3 aromatic heterocycles. The average Bonchev–Trinajstić information content (AvgIpc) is 3.71. The van der Waals surface area contributed by atoms with E-state index in [1.54, 1.807) is 0 Å². The molecule has 48 heavy (non-hydrogen) atoms. The molecule has 224 valence electrons. The first-order chi connectivity index (χ1) is 23.8. The van der Waals surface area contributed by atoms with Gasteiger partial charge in [-0.3, -0.25) is 0 Å². The van der Waals surface area contributed by atoms with Crippen LogP contribution in [0.5, 0.6) is 0 Å². The molecule has 4 heteroatoms. The first-order valence-corrected chi connectivity index (χ1v) is 17.0. The molecule has 0 atom stereocenters. The number of nitrogens with zero attached hydrogens (tertiary/aromatic N) is 3. The summed E-state index contributed by atoms with van der Waals surface area (Å²) in [5.74, 6) is 0. The summed E-state index contributed by atoms with van der Waals surface area (Å²) in [4.78, 5) is 10.5. The summed E-state index contributed by atoms with van der Waals surface area (Å²) in [7, 11) is 0. The molecule has 3 nitrogen and oxygen atoms in total. The number of hydrogen-bond donors (Lipinski definition) is 0. The monoisotopic (exact) mass is 629 g/mol. The summed E-state index contributed by atoms with van der Waals surface area (Å²) >= 11 is 1.86. The minimum atomic E-state index is 0.896. The molecule has 0 N–H and O–H groups in total. The molecule has 0 radical (unpaired) electrons. The van der Waals surface area contributed by atoms with Crippen LogP contribution in [0.1, 0.15) is 0 Å². The Morgan fingerprint density at radius 3 is 1.79 bits per heavy atom. The minimum absolute atomic E-state index is 0.896. The minimum Gasteiger partial charge on any atom is -0.309 e. The first kappa shape index (κ1) is 27.1. The van der Waals surface area contributed by atoms with Crippen molar-refractivity contribution in [3.05, 3.63) is 164 Å². The van der Waals surface area contributed by atoms with E-state index in [9.17, 15) is 0 Å². The van der Waals surface area contributed by atoms with E-state index in [4.69, 9.17) is 9.97 Å². The Morgan fingerprint density at radius 1 is 0.417 bits per heavy atom. The molecule has 10 aromatic rings. The van der Waals surface area contributed by atoms with Crippen LogP contribution >= 0.6 is 11.3 Å². The van der Waals surface area contributed by atoms with Gasteiger partial charge in [-0.25, -0.2) is 9.97 Å². The largest absolute Gasteiger partial charge is 0.309 e. The zero-order valence-electron chi connectivity index (χ0n) is 25.8. The molecule has 0 unspecified atom stereocenters. The van der Waals surface area contributed by atoms with Crippen molar-refractivity contribution < 1.29 is 0 Å². The number of para-hydroxylation sites is 3. The van der Waals surface area contributed by atoms with Gasteiger partial charge in [-0.2, -0.15) is 0 Å². The molecule has 0 aliphatic carbocycles. The van der Waals surface area contributed by atoms with Gasteiger partial charge in [0.05, 0.1) is 33.5 Å². The molecule has 0 aliphatic rings. The normalized spacial score (nSPS) is 11.8. The summed E-state index contributed by atoms with van der Waals surface area (Å²) in [6.07, 6.45) is 0. The lowest BCUT2D eigenvalue weighted by molar-refractivity contribution is 1.18. The third kappa shape index (κ3) is 4.13. The molecule has 0 amide bonds. The average molecular weight is 630 g/mol. The standard InChI is InChI=1S/C44H27N3S/c1-4-13-28(14-5-1)30-23-24-34-39(27-30)47(31-17-8-3-9-18-31)38-26-25-33-32-19-12-20-35(43(32)48-44(33)40(34)38)42-41(29-15-6-2-7-16-29)45-36-21-10-11-22-37(36)46-42/h1-27H.